The fourth-order valence-corrected chi connectivity index (χ4v) is 2.77. The van der Waals surface area contributed by atoms with E-state index in [4.69, 9.17) is 5.73 Å². The quantitative estimate of drug-likeness (QED) is 0.788. The zero-order valence-electron chi connectivity index (χ0n) is 11.3. The first kappa shape index (κ1) is 14.6. The lowest BCUT2D eigenvalue weighted by atomic mass is 10.1. The molecule has 1 atom stereocenters. The molecule has 4 nitrogen and oxygen atoms in total. The van der Waals surface area contributed by atoms with Crippen molar-refractivity contribution in [2.75, 3.05) is 12.3 Å². The van der Waals surface area contributed by atoms with Gasteiger partial charge in [0.05, 0.1) is 17.5 Å². The van der Waals surface area contributed by atoms with Crippen molar-refractivity contribution in [2.45, 2.75) is 19.4 Å². The number of nitrogens with two attached hydrogens (primary N) is 1. The molecule has 0 saturated heterocycles. The van der Waals surface area contributed by atoms with E-state index in [2.05, 4.69) is 5.32 Å². The Balaban J connectivity index is 2.01. The SMILES string of the molecule is Cc1sc(C(=O)N[C@H](CO)Cc2ccccc2)cc1N. The number of aliphatic hydroxyl groups is 1. The van der Waals surface area contributed by atoms with Gasteiger partial charge < -0.3 is 16.2 Å². The molecule has 0 radical (unpaired) electrons. The lowest BCUT2D eigenvalue weighted by Gasteiger charge is -2.15. The number of anilines is 1. The Labute approximate surface area is 122 Å². The van der Waals surface area contributed by atoms with E-state index in [1.165, 1.54) is 11.3 Å². The summed E-state index contributed by atoms with van der Waals surface area (Å²) < 4.78 is 0. The van der Waals surface area contributed by atoms with E-state index >= 15 is 0 Å². The number of thiophene rings is 1. The summed E-state index contributed by atoms with van der Waals surface area (Å²) in [7, 11) is 0. The first-order chi connectivity index (χ1) is 9.60. The van der Waals surface area contributed by atoms with Crippen LogP contribution in [0.25, 0.3) is 0 Å². The van der Waals surface area contributed by atoms with Crippen LogP contribution in [0.15, 0.2) is 36.4 Å². The van der Waals surface area contributed by atoms with Crippen LogP contribution >= 0.6 is 11.3 Å². The summed E-state index contributed by atoms with van der Waals surface area (Å²) in [5.74, 6) is -0.190. The zero-order valence-corrected chi connectivity index (χ0v) is 12.1. The Kier molecular flexibility index (Phi) is 4.76. The van der Waals surface area contributed by atoms with Crippen LogP contribution in [0, 0.1) is 6.92 Å². The van der Waals surface area contributed by atoms with Crippen LogP contribution in [0.4, 0.5) is 5.69 Å². The number of hydrogen-bond donors (Lipinski definition) is 3. The summed E-state index contributed by atoms with van der Waals surface area (Å²) in [5, 5.41) is 12.2. The molecule has 20 heavy (non-hydrogen) atoms. The van der Waals surface area contributed by atoms with E-state index in [1.54, 1.807) is 6.07 Å². The van der Waals surface area contributed by atoms with Gasteiger partial charge in [0.1, 0.15) is 0 Å². The third-order valence-corrected chi connectivity index (χ3v) is 4.13. The number of nitrogen functional groups attached to an aromatic ring is 1. The fourth-order valence-electron chi connectivity index (χ4n) is 1.92. The largest absolute Gasteiger partial charge is 0.398 e. The zero-order chi connectivity index (χ0) is 14.5. The van der Waals surface area contributed by atoms with Crippen molar-refractivity contribution in [3.8, 4) is 0 Å². The topological polar surface area (TPSA) is 75.3 Å². The third-order valence-electron chi connectivity index (χ3n) is 3.06. The average molecular weight is 290 g/mol. The van der Waals surface area contributed by atoms with Gasteiger partial charge in [0, 0.05) is 10.6 Å². The summed E-state index contributed by atoms with van der Waals surface area (Å²) in [6.45, 7) is 1.78. The third kappa shape index (κ3) is 3.59. The number of amides is 1. The maximum atomic E-state index is 12.1. The van der Waals surface area contributed by atoms with Gasteiger partial charge in [-0.15, -0.1) is 11.3 Å². The molecular formula is C15H18N2O2S. The molecule has 1 aromatic carbocycles. The molecule has 0 fully saturated rings. The highest BCUT2D eigenvalue weighted by atomic mass is 32.1. The number of carbonyl (C=O) groups excluding carboxylic acids is 1. The van der Waals surface area contributed by atoms with Crippen LogP contribution in [0.3, 0.4) is 0 Å². The summed E-state index contributed by atoms with van der Waals surface area (Å²) in [4.78, 5) is 13.6. The molecule has 0 unspecified atom stereocenters. The van der Waals surface area contributed by atoms with Crippen LogP contribution < -0.4 is 11.1 Å². The van der Waals surface area contributed by atoms with Gasteiger partial charge in [0.25, 0.3) is 5.91 Å². The van der Waals surface area contributed by atoms with Crippen molar-refractivity contribution < 1.29 is 9.90 Å². The Morgan fingerprint density at radius 1 is 1.40 bits per heavy atom. The summed E-state index contributed by atoms with van der Waals surface area (Å²) in [5.41, 5.74) is 7.45. The van der Waals surface area contributed by atoms with Gasteiger partial charge in [0.15, 0.2) is 0 Å². The van der Waals surface area contributed by atoms with E-state index in [-0.39, 0.29) is 18.6 Å². The molecule has 0 aliphatic rings. The lowest BCUT2D eigenvalue weighted by Crippen LogP contribution is -2.38. The van der Waals surface area contributed by atoms with Crippen molar-refractivity contribution in [3.05, 3.63) is 51.7 Å². The Hall–Kier alpha value is -1.85. The van der Waals surface area contributed by atoms with Crippen molar-refractivity contribution >= 4 is 22.9 Å². The molecule has 5 heteroatoms. The van der Waals surface area contributed by atoms with E-state index in [1.807, 2.05) is 37.3 Å². The van der Waals surface area contributed by atoms with Crippen molar-refractivity contribution in [1.82, 2.24) is 5.32 Å². The van der Waals surface area contributed by atoms with Gasteiger partial charge in [-0.05, 0) is 25.0 Å². The van der Waals surface area contributed by atoms with Crippen molar-refractivity contribution in [3.63, 3.8) is 0 Å². The summed E-state index contributed by atoms with van der Waals surface area (Å²) >= 11 is 1.36. The summed E-state index contributed by atoms with van der Waals surface area (Å²) in [6.07, 6.45) is 0.600. The number of hydrogen-bond acceptors (Lipinski definition) is 4. The molecule has 0 aliphatic heterocycles. The van der Waals surface area contributed by atoms with Crippen molar-refractivity contribution in [2.24, 2.45) is 0 Å². The number of aryl methyl sites for hydroxylation is 1. The molecule has 0 bridgehead atoms. The first-order valence-corrected chi connectivity index (χ1v) is 7.23. The number of carbonyl (C=O) groups is 1. The fraction of sp³-hybridized carbons (Fsp3) is 0.267. The molecule has 2 rings (SSSR count). The maximum absolute atomic E-state index is 12.1. The van der Waals surface area contributed by atoms with Crippen LogP contribution in [0.2, 0.25) is 0 Å². The molecule has 106 valence electrons. The smallest absolute Gasteiger partial charge is 0.261 e. The van der Waals surface area contributed by atoms with Crippen molar-refractivity contribution in [1.29, 1.82) is 0 Å². The highest BCUT2D eigenvalue weighted by Crippen LogP contribution is 2.23. The highest BCUT2D eigenvalue weighted by Gasteiger charge is 2.16. The summed E-state index contributed by atoms with van der Waals surface area (Å²) in [6, 6.07) is 11.1. The predicted octanol–water partition coefficient (Wildman–Crippen LogP) is 1.97. The average Bonchev–Trinajstić information content (AvgIpc) is 2.79. The molecular weight excluding hydrogens is 272 g/mol. The maximum Gasteiger partial charge on any atom is 0.261 e. The van der Waals surface area contributed by atoms with Gasteiger partial charge in [-0.25, -0.2) is 0 Å². The molecule has 0 saturated carbocycles. The number of rotatable bonds is 5. The Morgan fingerprint density at radius 2 is 2.10 bits per heavy atom. The second kappa shape index (κ2) is 6.54. The number of benzene rings is 1. The van der Waals surface area contributed by atoms with Gasteiger partial charge in [-0.3, -0.25) is 4.79 Å². The lowest BCUT2D eigenvalue weighted by molar-refractivity contribution is 0.0920. The Bertz CT molecular complexity index is 561. The first-order valence-electron chi connectivity index (χ1n) is 6.41. The van der Waals surface area contributed by atoms with Crippen LogP contribution in [-0.2, 0) is 6.42 Å². The molecule has 2 aromatic rings. The van der Waals surface area contributed by atoms with E-state index in [9.17, 15) is 9.90 Å². The minimum absolute atomic E-state index is 0.0968. The Morgan fingerprint density at radius 3 is 2.65 bits per heavy atom. The monoisotopic (exact) mass is 290 g/mol. The highest BCUT2D eigenvalue weighted by molar-refractivity contribution is 7.14. The molecule has 0 aliphatic carbocycles. The van der Waals surface area contributed by atoms with Gasteiger partial charge in [-0.1, -0.05) is 30.3 Å². The molecule has 1 aromatic heterocycles. The second-order valence-electron chi connectivity index (χ2n) is 4.66. The molecule has 0 spiro atoms. The molecule has 1 amide bonds. The van der Waals surface area contributed by atoms with Crippen LogP contribution in [-0.4, -0.2) is 23.7 Å². The van der Waals surface area contributed by atoms with Gasteiger partial charge in [-0.2, -0.15) is 0 Å². The number of aliphatic hydroxyl groups excluding tert-OH is 1. The number of nitrogens with one attached hydrogen (secondary N) is 1. The minimum atomic E-state index is -0.298. The predicted molar refractivity (Wildman–Crippen MR) is 82.0 cm³/mol. The van der Waals surface area contributed by atoms with Crippen LogP contribution in [0.5, 0.6) is 0 Å². The van der Waals surface area contributed by atoms with Gasteiger partial charge >= 0.3 is 0 Å². The standard InChI is InChI=1S/C15H18N2O2S/c1-10-13(16)8-14(20-10)15(19)17-12(9-18)7-11-5-3-2-4-6-11/h2-6,8,12,18H,7,9,16H2,1H3,(H,17,19)/t12-/m0/s1. The van der Waals surface area contributed by atoms with Gasteiger partial charge in [0.2, 0.25) is 0 Å². The second-order valence-corrected chi connectivity index (χ2v) is 5.92. The molecule has 4 N–H and O–H groups in total. The van der Waals surface area contributed by atoms with E-state index < -0.39 is 0 Å². The van der Waals surface area contributed by atoms with E-state index in [0.717, 1.165) is 10.4 Å². The normalized spacial score (nSPS) is 12.1. The molecule has 1 heterocycles. The minimum Gasteiger partial charge on any atom is -0.398 e. The van der Waals surface area contributed by atoms with E-state index in [0.29, 0.717) is 17.0 Å². The van der Waals surface area contributed by atoms with Crippen LogP contribution in [0.1, 0.15) is 20.1 Å².